The van der Waals surface area contributed by atoms with Gasteiger partial charge in [-0.3, -0.25) is 0 Å². The van der Waals surface area contributed by atoms with Crippen LogP contribution in [-0.2, 0) is 16.4 Å². The van der Waals surface area contributed by atoms with Gasteiger partial charge in [-0.05, 0) is 0 Å². The molecule has 0 bridgehead atoms. The van der Waals surface area contributed by atoms with Crippen LogP contribution in [0.25, 0.3) is 0 Å². The second-order valence-corrected chi connectivity index (χ2v) is 7.71. The molecule has 7 heteroatoms. The van der Waals surface area contributed by atoms with Crippen molar-refractivity contribution in [2.75, 3.05) is 17.8 Å². The molecule has 1 aromatic rings. The average molecular weight is 289 g/mol. The zero-order valence-electron chi connectivity index (χ0n) is 10.9. The number of thioether (sulfide) groups is 1. The van der Waals surface area contributed by atoms with E-state index in [1.807, 2.05) is 0 Å². The van der Waals surface area contributed by atoms with Gasteiger partial charge in [0.05, 0.1) is 5.75 Å². The van der Waals surface area contributed by atoms with Crippen molar-refractivity contribution in [3.8, 4) is 0 Å². The number of rotatable bonds is 7. The lowest BCUT2D eigenvalue weighted by Crippen LogP contribution is -2.21. The van der Waals surface area contributed by atoms with Crippen LogP contribution < -0.4 is 5.32 Å². The highest BCUT2D eigenvalue weighted by molar-refractivity contribution is 8.00. The molecule has 1 aromatic heterocycles. The standard InChI is InChI=1S/C11H19N3O2S2/c1-9(2)12-6-10-7-13-11(14-8-10)17-4-5-18(3,15)16/h7-9,12H,4-6H2,1-3H3. The first-order valence-corrected chi connectivity index (χ1v) is 8.76. The van der Waals surface area contributed by atoms with E-state index in [2.05, 4.69) is 29.1 Å². The first-order chi connectivity index (χ1) is 8.37. The smallest absolute Gasteiger partial charge is 0.187 e. The van der Waals surface area contributed by atoms with Gasteiger partial charge in [0.25, 0.3) is 0 Å². The Balaban J connectivity index is 2.40. The lowest BCUT2D eigenvalue weighted by Gasteiger charge is -2.07. The monoisotopic (exact) mass is 289 g/mol. The summed E-state index contributed by atoms with van der Waals surface area (Å²) in [5.41, 5.74) is 1.02. The second-order valence-electron chi connectivity index (χ2n) is 4.39. The lowest BCUT2D eigenvalue weighted by atomic mass is 10.3. The van der Waals surface area contributed by atoms with Crippen molar-refractivity contribution in [2.24, 2.45) is 0 Å². The molecule has 0 saturated carbocycles. The fraction of sp³-hybridized carbons (Fsp3) is 0.636. The Bertz CT molecular complexity index is 458. The Kier molecular flexibility index (Phi) is 6.04. The van der Waals surface area contributed by atoms with E-state index in [0.717, 1.165) is 12.1 Å². The van der Waals surface area contributed by atoms with Gasteiger partial charge in [0.2, 0.25) is 0 Å². The van der Waals surface area contributed by atoms with Gasteiger partial charge >= 0.3 is 0 Å². The minimum absolute atomic E-state index is 0.150. The summed E-state index contributed by atoms with van der Waals surface area (Å²) in [6, 6.07) is 0.425. The molecule has 0 radical (unpaired) electrons. The van der Waals surface area contributed by atoms with E-state index < -0.39 is 9.84 Å². The van der Waals surface area contributed by atoms with Gasteiger partial charge in [0.1, 0.15) is 9.84 Å². The topological polar surface area (TPSA) is 72.0 Å². The fourth-order valence-corrected chi connectivity index (χ4v) is 3.10. The summed E-state index contributed by atoms with van der Waals surface area (Å²) >= 11 is 1.36. The molecule has 0 atom stereocenters. The summed E-state index contributed by atoms with van der Waals surface area (Å²) in [6.45, 7) is 4.90. The summed E-state index contributed by atoms with van der Waals surface area (Å²) in [5, 5.41) is 3.90. The molecule has 0 fully saturated rings. The fourth-order valence-electron chi connectivity index (χ4n) is 1.12. The van der Waals surface area contributed by atoms with Crippen LogP contribution in [0.15, 0.2) is 17.6 Å². The Morgan fingerprint density at radius 3 is 2.44 bits per heavy atom. The molecule has 1 N–H and O–H groups in total. The summed E-state index contributed by atoms with van der Waals surface area (Å²) in [7, 11) is -2.91. The largest absolute Gasteiger partial charge is 0.310 e. The van der Waals surface area contributed by atoms with Crippen molar-refractivity contribution in [3.63, 3.8) is 0 Å². The predicted octanol–water partition coefficient (Wildman–Crippen LogP) is 1.11. The summed E-state index contributed by atoms with van der Waals surface area (Å²) < 4.78 is 21.9. The van der Waals surface area contributed by atoms with Crippen molar-refractivity contribution in [1.29, 1.82) is 0 Å². The van der Waals surface area contributed by atoms with Crippen LogP contribution in [-0.4, -0.2) is 42.2 Å². The molecule has 1 rings (SSSR count). The number of nitrogens with one attached hydrogen (secondary N) is 1. The zero-order valence-corrected chi connectivity index (χ0v) is 12.5. The molecule has 0 unspecified atom stereocenters. The van der Waals surface area contributed by atoms with Crippen LogP contribution in [0.4, 0.5) is 0 Å². The molecule has 102 valence electrons. The molecule has 0 aromatic carbocycles. The second kappa shape index (κ2) is 7.06. The maximum absolute atomic E-state index is 11.0. The number of sulfone groups is 1. The third-order valence-corrected chi connectivity index (χ3v) is 4.16. The lowest BCUT2D eigenvalue weighted by molar-refractivity contribution is 0.585. The van der Waals surface area contributed by atoms with Gasteiger partial charge in [-0.2, -0.15) is 0 Å². The van der Waals surface area contributed by atoms with E-state index in [9.17, 15) is 8.42 Å². The number of hydrogen-bond acceptors (Lipinski definition) is 6. The van der Waals surface area contributed by atoms with E-state index in [1.54, 1.807) is 12.4 Å². The Morgan fingerprint density at radius 2 is 1.94 bits per heavy atom. The first kappa shape index (κ1) is 15.4. The molecule has 0 saturated heterocycles. The van der Waals surface area contributed by atoms with Crippen molar-refractivity contribution in [2.45, 2.75) is 31.6 Å². The number of hydrogen-bond donors (Lipinski definition) is 1. The maximum atomic E-state index is 11.0. The van der Waals surface area contributed by atoms with Gasteiger partial charge in [0, 0.05) is 42.6 Å². The minimum Gasteiger partial charge on any atom is -0.310 e. The van der Waals surface area contributed by atoms with E-state index >= 15 is 0 Å². The van der Waals surface area contributed by atoms with E-state index in [4.69, 9.17) is 0 Å². The van der Waals surface area contributed by atoms with Crippen molar-refractivity contribution >= 4 is 21.6 Å². The van der Waals surface area contributed by atoms with Gasteiger partial charge in [0.15, 0.2) is 5.16 Å². The van der Waals surface area contributed by atoms with Crippen molar-refractivity contribution in [3.05, 3.63) is 18.0 Å². The quantitative estimate of drug-likeness (QED) is 0.599. The third kappa shape index (κ3) is 6.93. The molecular formula is C11H19N3O2S2. The van der Waals surface area contributed by atoms with Crippen LogP contribution >= 0.6 is 11.8 Å². The van der Waals surface area contributed by atoms with Crippen molar-refractivity contribution in [1.82, 2.24) is 15.3 Å². The van der Waals surface area contributed by atoms with Crippen LogP contribution in [0.1, 0.15) is 19.4 Å². The van der Waals surface area contributed by atoms with E-state index in [1.165, 1.54) is 18.0 Å². The molecule has 0 aliphatic heterocycles. The van der Waals surface area contributed by atoms with Crippen LogP contribution in [0.5, 0.6) is 0 Å². The molecule has 0 aliphatic carbocycles. The van der Waals surface area contributed by atoms with Crippen LogP contribution in [0.3, 0.4) is 0 Å². The SMILES string of the molecule is CC(C)NCc1cnc(SCCS(C)(=O)=O)nc1. The first-order valence-electron chi connectivity index (χ1n) is 5.71. The normalized spacial score (nSPS) is 12.0. The third-order valence-electron chi connectivity index (χ3n) is 2.08. The molecular weight excluding hydrogens is 270 g/mol. The molecule has 5 nitrogen and oxygen atoms in total. The minimum atomic E-state index is -2.91. The van der Waals surface area contributed by atoms with Crippen molar-refractivity contribution < 1.29 is 8.42 Å². The molecule has 0 amide bonds. The Hall–Kier alpha value is -0.660. The van der Waals surface area contributed by atoms with Gasteiger partial charge in [-0.1, -0.05) is 25.6 Å². The summed E-state index contributed by atoms with van der Waals surface area (Å²) in [5.74, 6) is 0.639. The van der Waals surface area contributed by atoms with Gasteiger partial charge in [-0.25, -0.2) is 18.4 Å². The predicted molar refractivity (Wildman–Crippen MR) is 74.4 cm³/mol. The zero-order chi connectivity index (χ0) is 13.6. The highest BCUT2D eigenvalue weighted by Crippen LogP contribution is 2.12. The highest BCUT2D eigenvalue weighted by atomic mass is 32.2. The van der Waals surface area contributed by atoms with Crippen LogP contribution in [0.2, 0.25) is 0 Å². The summed E-state index contributed by atoms with van der Waals surface area (Å²) in [6.07, 6.45) is 4.77. The number of aromatic nitrogens is 2. The molecule has 0 aliphatic rings. The Morgan fingerprint density at radius 1 is 1.33 bits per heavy atom. The summed E-state index contributed by atoms with van der Waals surface area (Å²) in [4.78, 5) is 8.39. The van der Waals surface area contributed by atoms with Crippen LogP contribution in [0, 0.1) is 0 Å². The van der Waals surface area contributed by atoms with E-state index in [0.29, 0.717) is 17.0 Å². The number of nitrogens with zero attached hydrogens (tertiary/aromatic N) is 2. The Labute approximate surface area is 113 Å². The van der Waals surface area contributed by atoms with Gasteiger partial charge < -0.3 is 5.32 Å². The molecule has 0 spiro atoms. The molecule has 1 heterocycles. The highest BCUT2D eigenvalue weighted by Gasteiger charge is 2.04. The van der Waals surface area contributed by atoms with Gasteiger partial charge in [-0.15, -0.1) is 0 Å². The maximum Gasteiger partial charge on any atom is 0.187 e. The average Bonchev–Trinajstić information content (AvgIpc) is 2.26. The van der Waals surface area contributed by atoms with E-state index in [-0.39, 0.29) is 5.75 Å². The molecule has 18 heavy (non-hydrogen) atoms.